The van der Waals surface area contributed by atoms with Gasteiger partial charge in [-0.15, -0.1) is 0 Å². The van der Waals surface area contributed by atoms with Crippen molar-refractivity contribution in [2.45, 2.75) is 13.1 Å². The molecule has 1 N–H and O–H groups in total. The molecular formula is C24H31N3O4. The molecule has 0 amide bonds. The van der Waals surface area contributed by atoms with Crippen molar-refractivity contribution >= 4 is 6.08 Å². The van der Waals surface area contributed by atoms with E-state index in [4.69, 9.17) is 9.15 Å². The Kier molecular flexibility index (Phi) is 7.53. The molecule has 0 radical (unpaired) electrons. The van der Waals surface area contributed by atoms with E-state index in [1.165, 1.54) is 11.6 Å². The fourth-order valence-electron chi connectivity index (χ4n) is 3.99. The first-order chi connectivity index (χ1) is 15.2. The largest absolute Gasteiger partial charge is 0.502 e. The Morgan fingerprint density at radius 3 is 2.32 bits per heavy atom. The number of aromatic hydroxyl groups is 1. The summed E-state index contributed by atoms with van der Waals surface area (Å²) in [6.07, 6.45) is 4.35. The molecule has 3 heterocycles. The van der Waals surface area contributed by atoms with Gasteiger partial charge in [0.25, 0.3) is 0 Å². The maximum absolute atomic E-state index is 12.2. The average Bonchev–Trinajstić information content (AvgIpc) is 2.80. The number of morpholine rings is 1. The highest BCUT2D eigenvalue weighted by molar-refractivity contribution is 5.48. The molecule has 0 saturated carbocycles. The van der Waals surface area contributed by atoms with E-state index < -0.39 is 0 Å². The fourth-order valence-corrected chi connectivity index (χ4v) is 3.99. The molecule has 0 unspecified atom stereocenters. The Labute approximate surface area is 183 Å². The molecular weight excluding hydrogens is 394 g/mol. The van der Waals surface area contributed by atoms with Gasteiger partial charge in [-0.1, -0.05) is 42.5 Å². The van der Waals surface area contributed by atoms with Crippen molar-refractivity contribution in [3.63, 3.8) is 0 Å². The smallest absolute Gasteiger partial charge is 0.227 e. The molecule has 1 aromatic carbocycles. The molecule has 2 aliphatic heterocycles. The summed E-state index contributed by atoms with van der Waals surface area (Å²) in [5.74, 6) is 0.705. The second-order valence-electron chi connectivity index (χ2n) is 8.13. The van der Waals surface area contributed by atoms with E-state index in [0.717, 1.165) is 45.8 Å². The Hall–Kier alpha value is -2.45. The molecule has 0 atom stereocenters. The van der Waals surface area contributed by atoms with Crippen LogP contribution in [0, 0.1) is 0 Å². The predicted molar refractivity (Wildman–Crippen MR) is 120 cm³/mol. The van der Waals surface area contributed by atoms with Crippen molar-refractivity contribution < 1.29 is 14.3 Å². The van der Waals surface area contributed by atoms with Gasteiger partial charge in [-0.2, -0.15) is 0 Å². The van der Waals surface area contributed by atoms with E-state index in [-0.39, 0.29) is 11.2 Å². The summed E-state index contributed by atoms with van der Waals surface area (Å²) in [6, 6.07) is 11.7. The molecule has 0 spiro atoms. The zero-order valence-electron chi connectivity index (χ0n) is 17.9. The van der Waals surface area contributed by atoms with Crippen molar-refractivity contribution in [2.24, 2.45) is 0 Å². The van der Waals surface area contributed by atoms with Gasteiger partial charge in [-0.05, 0) is 5.56 Å². The number of nitrogens with zero attached hydrogens (tertiary/aromatic N) is 3. The molecule has 2 fully saturated rings. The Bertz CT molecular complexity index is 914. The second-order valence-corrected chi connectivity index (χ2v) is 8.13. The molecule has 0 bridgehead atoms. The summed E-state index contributed by atoms with van der Waals surface area (Å²) in [5, 5.41) is 10.2. The highest BCUT2D eigenvalue weighted by Crippen LogP contribution is 2.19. The SMILES string of the molecule is O=c1cc(CN2CCOCC2)oc(CN2CCN(CC=Cc3ccccc3)CC2)c1O. The summed E-state index contributed by atoms with van der Waals surface area (Å²) in [5.41, 5.74) is 0.845. The van der Waals surface area contributed by atoms with Crippen LogP contribution in [-0.2, 0) is 17.8 Å². The lowest BCUT2D eigenvalue weighted by Gasteiger charge is -2.33. The van der Waals surface area contributed by atoms with Crippen LogP contribution >= 0.6 is 0 Å². The highest BCUT2D eigenvalue weighted by atomic mass is 16.5. The third-order valence-corrected chi connectivity index (χ3v) is 5.83. The first kappa shape index (κ1) is 21.8. The van der Waals surface area contributed by atoms with Crippen LogP contribution in [0.5, 0.6) is 5.75 Å². The third kappa shape index (κ3) is 6.27. The van der Waals surface area contributed by atoms with E-state index in [9.17, 15) is 9.90 Å². The van der Waals surface area contributed by atoms with Crippen molar-refractivity contribution in [1.82, 2.24) is 14.7 Å². The minimum Gasteiger partial charge on any atom is -0.502 e. The first-order valence-corrected chi connectivity index (χ1v) is 11.0. The lowest BCUT2D eigenvalue weighted by molar-refractivity contribution is 0.0305. The fraction of sp³-hybridized carbons (Fsp3) is 0.458. The highest BCUT2D eigenvalue weighted by Gasteiger charge is 2.21. The number of ether oxygens (including phenoxy) is 1. The van der Waals surface area contributed by atoms with Gasteiger partial charge in [0.1, 0.15) is 5.76 Å². The standard InChI is InChI=1S/C24H31N3O4/c28-22-17-21(18-27-13-15-30-16-14-27)31-23(24(22)29)19-26-11-9-25(10-12-26)8-4-7-20-5-2-1-3-6-20/h1-7,17,29H,8-16,18-19H2. The van der Waals surface area contributed by atoms with Crippen LogP contribution in [0.15, 0.2) is 51.7 Å². The Balaban J connectivity index is 1.29. The van der Waals surface area contributed by atoms with E-state index in [0.29, 0.717) is 37.8 Å². The van der Waals surface area contributed by atoms with Crippen LogP contribution in [0.1, 0.15) is 17.1 Å². The second kappa shape index (κ2) is 10.7. The lowest BCUT2D eigenvalue weighted by Crippen LogP contribution is -2.45. The normalized spacial score (nSPS) is 19.2. The van der Waals surface area contributed by atoms with Gasteiger partial charge >= 0.3 is 0 Å². The topological polar surface area (TPSA) is 69.4 Å². The first-order valence-electron chi connectivity index (χ1n) is 11.0. The molecule has 7 nitrogen and oxygen atoms in total. The molecule has 2 saturated heterocycles. The Morgan fingerprint density at radius 2 is 1.58 bits per heavy atom. The molecule has 2 aliphatic rings. The molecule has 31 heavy (non-hydrogen) atoms. The quantitative estimate of drug-likeness (QED) is 0.728. The Morgan fingerprint density at radius 1 is 0.903 bits per heavy atom. The monoisotopic (exact) mass is 425 g/mol. The lowest BCUT2D eigenvalue weighted by atomic mass is 10.2. The molecule has 166 valence electrons. The van der Waals surface area contributed by atoms with Gasteiger partial charge in [-0.3, -0.25) is 19.5 Å². The molecule has 7 heteroatoms. The number of rotatable bonds is 7. The molecule has 1 aromatic heterocycles. The van der Waals surface area contributed by atoms with Crippen molar-refractivity contribution in [3.05, 3.63) is 69.8 Å². The van der Waals surface area contributed by atoms with Crippen LogP contribution in [0.25, 0.3) is 6.08 Å². The molecule has 0 aliphatic carbocycles. The van der Waals surface area contributed by atoms with Crippen molar-refractivity contribution in [2.75, 3.05) is 59.0 Å². The van der Waals surface area contributed by atoms with Crippen molar-refractivity contribution in [3.8, 4) is 5.75 Å². The maximum atomic E-state index is 12.2. The van der Waals surface area contributed by atoms with E-state index >= 15 is 0 Å². The molecule has 4 rings (SSSR count). The minimum absolute atomic E-state index is 0.265. The number of hydrogen-bond acceptors (Lipinski definition) is 7. The van der Waals surface area contributed by atoms with Crippen LogP contribution in [-0.4, -0.2) is 78.8 Å². The van der Waals surface area contributed by atoms with Crippen LogP contribution in [0.4, 0.5) is 0 Å². The van der Waals surface area contributed by atoms with E-state index in [1.807, 2.05) is 18.2 Å². The van der Waals surface area contributed by atoms with E-state index in [2.05, 4.69) is 39.0 Å². The minimum atomic E-state index is -0.366. The zero-order chi connectivity index (χ0) is 21.5. The summed E-state index contributed by atoms with van der Waals surface area (Å²) in [6.45, 7) is 8.58. The summed E-state index contributed by atoms with van der Waals surface area (Å²) in [7, 11) is 0. The number of piperazine rings is 1. The van der Waals surface area contributed by atoms with Gasteiger partial charge in [-0.25, -0.2) is 0 Å². The van der Waals surface area contributed by atoms with Crippen LogP contribution < -0.4 is 5.43 Å². The van der Waals surface area contributed by atoms with Gasteiger partial charge in [0.05, 0.1) is 26.3 Å². The average molecular weight is 426 g/mol. The van der Waals surface area contributed by atoms with Gasteiger partial charge in [0, 0.05) is 51.9 Å². The zero-order valence-corrected chi connectivity index (χ0v) is 17.9. The van der Waals surface area contributed by atoms with Crippen molar-refractivity contribution in [1.29, 1.82) is 0 Å². The van der Waals surface area contributed by atoms with Crippen LogP contribution in [0.2, 0.25) is 0 Å². The summed E-state index contributed by atoms with van der Waals surface area (Å²) in [4.78, 5) is 19.1. The van der Waals surface area contributed by atoms with Gasteiger partial charge in [0.15, 0.2) is 5.76 Å². The summed E-state index contributed by atoms with van der Waals surface area (Å²) < 4.78 is 11.3. The summed E-state index contributed by atoms with van der Waals surface area (Å²) >= 11 is 0. The number of benzene rings is 1. The van der Waals surface area contributed by atoms with Gasteiger partial charge < -0.3 is 14.3 Å². The maximum Gasteiger partial charge on any atom is 0.227 e. The van der Waals surface area contributed by atoms with E-state index in [1.54, 1.807) is 0 Å². The van der Waals surface area contributed by atoms with Crippen LogP contribution in [0.3, 0.4) is 0 Å². The predicted octanol–water partition coefficient (Wildman–Crippen LogP) is 2.01. The third-order valence-electron chi connectivity index (χ3n) is 5.83. The number of hydrogen-bond donors (Lipinski definition) is 1. The van der Waals surface area contributed by atoms with Gasteiger partial charge in [0.2, 0.25) is 11.2 Å². The molecule has 2 aromatic rings.